The molecule has 1 aromatic carbocycles. The molecule has 110 valence electrons. The third-order valence-electron chi connectivity index (χ3n) is 2.69. The Morgan fingerprint density at radius 3 is 2.76 bits per heavy atom. The molecule has 1 amide bonds. The summed E-state index contributed by atoms with van der Waals surface area (Å²) in [4.78, 5) is 22.6. The molecule has 0 aliphatic carbocycles. The number of carboxylic acids is 1. The van der Waals surface area contributed by atoms with E-state index in [1.807, 2.05) is 6.92 Å². The fourth-order valence-corrected chi connectivity index (χ4v) is 2.05. The quantitative estimate of drug-likeness (QED) is 0.869. The lowest BCUT2D eigenvalue weighted by atomic mass is 10.1. The van der Waals surface area contributed by atoms with Gasteiger partial charge in [-0.05, 0) is 30.7 Å². The second-order valence-corrected chi connectivity index (χ2v) is 4.88. The maximum absolute atomic E-state index is 11.9. The summed E-state index contributed by atoms with van der Waals surface area (Å²) in [6.45, 7) is 2.48. The molecule has 0 aliphatic heterocycles. The Hall–Kier alpha value is -2.41. The van der Waals surface area contributed by atoms with Crippen molar-refractivity contribution in [3.8, 4) is 0 Å². The molecule has 0 bridgehead atoms. The second-order valence-electron chi connectivity index (χ2n) is 4.45. The van der Waals surface area contributed by atoms with Crippen molar-refractivity contribution >= 4 is 23.5 Å². The second kappa shape index (κ2) is 6.36. The number of hydrogen-bond acceptors (Lipinski definition) is 4. The van der Waals surface area contributed by atoms with E-state index in [-0.39, 0.29) is 11.6 Å². The minimum atomic E-state index is -1.14. The Balaban J connectivity index is 1.90. The van der Waals surface area contributed by atoms with E-state index in [4.69, 9.17) is 16.7 Å². The number of amides is 1. The minimum absolute atomic E-state index is 0.133. The highest BCUT2D eigenvalue weighted by molar-refractivity contribution is 6.31. The van der Waals surface area contributed by atoms with Crippen LogP contribution in [0.15, 0.2) is 24.4 Å². The van der Waals surface area contributed by atoms with Gasteiger partial charge in [-0.1, -0.05) is 16.8 Å². The standard InChI is InChI=1S/C13H13ClN4O3/c1-8-4-9(6-10(14)5-8)12(19)15-2-3-18-7-11(13(20)21)16-17-18/h4-7H,2-3H2,1H3,(H,15,19)(H,20,21). The van der Waals surface area contributed by atoms with E-state index in [9.17, 15) is 9.59 Å². The smallest absolute Gasteiger partial charge is 0.358 e. The van der Waals surface area contributed by atoms with Gasteiger partial charge in [-0.3, -0.25) is 4.79 Å². The van der Waals surface area contributed by atoms with Gasteiger partial charge in [-0.2, -0.15) is 0 Å². The normalized spacial score (nSPS) is 10.4. The molecule has 21 heavy (non-hydrogen) atoms. The van der Waals surface area contributed by atoms with E-state index < -0.39 is 5.97 Å². The number of carboxylic acid groups (broad SMARTS) is 1. The summed E-state index contributed by atoms with van der Waals surface area (Å²) < 4.78 is 1.35. The van der Waals surface area contributed by atoms with Crippen LogP contribution in [0, 0.1) is 6.92 Å². The Labute approximate surface area is 125 Å². The number of aryl methyl sites for hydroxylation is 1. The number of halogens is 1. The average Bonchev–Trinajstić information content (AvgIpc) is 2.86. The first-order valence-corrected chi connectivity index (χ1v) is 6.52. The molecular formula is C13H13ClN4O3. The number of benzene rings is 1. The van der Waals surface area contributed by atoms with Gasteiger partial charge in [0.1, 0.15) is 0 Å². The van der Waals surface area contributed by atoms with Crippen LogP contribution in [0.25, 0.3) is 0 Å². The van der Waals surface area contributed by atoms with Gasteiger partial charge >= 0.3 is 5.97 Å². The summed E-state index contributed by atoms with van der Waals surface area (Å²) >= 11 is 5.90. The number of carbonyl (C=O) groups excluding carboxylic acids is 1. The van der Waals surface area contributed by atoms with Crippen molar-refractivity contribution in [1.29, 1.82) is 0 Å². The zero-order valence-corrected chi connectivity index (χ0v) is 12.0. The van der Waals surface area contributed by atoms with Crippen LogP contribution in [0.5, 0.6) is 0 Å². The highest BCUT2D eigenvalue weighted by Crippen LogP contribution is 2.14. The van der Waals surface area contributed by atoms with Gasteiger partial charge in [0.05, 0.1) is 12.7 Å². The monoisotopic (exact) mass is 308 g/mol. The highest BCUT2D eigenvalue weighted by atomic mass is 35.5. The number of aromatic carboxylic acids is 1. The van der Waals surface area contributed by atoms with Crippen LogP contribution in [-0.2, 0) is 6.54 Å². The maximum Gasteiger partial charge on any atom is 0.358 e. The molecule has 0 radical (unpaired) electrons. The van der Waals surface area contributed by atoms with Crippen molar-refractivity contribution in [2.75, 3.05) is 6.54 Å². The van der Waals surface area contributed by atoms with Crippen molar-refractivity contribution in [2.24, 2.45) is 0 Å². The summed E-state index contributed by atoms with van der Waals surface area (Å²) in [6.07, 6.45) is 1.30. The Bertz CT molecular complexity index is 664. The zero-order valence-electron chi connectivity index (χ0n) is 11.2. The van der Waals surface area contributed by atoms with Crippen LogP contribution in [0.3, 0.4) is 0 Å². The van der Waals surface area contributed by atoms with Crippen molar-refractivity contribution < 1.29 is 14.7 Å². The molecule has 0 aliphatic rings. The molecule has 0 unspecified atom stereocenters. The lowest BCUT2D eigenvalue weighted by Crippen LogP contribution is -2.27. The van der Waals surface area contributed by atoms with Crippen LogP contribution in [0.2, 0.25) is 5.02 Å². The van der Waals surface area contributed by atoms with Gasteiger partial charge in [0.25, 0.3) is 5.91 Å². The Morgan fingerprint density at radius 1 is 1.38 bits per heavy atom. The topological polar surface area (TPSA) is 97.1 Å². The predicted octanol–water partition coefficient (Wildman–Crippen LogP) is 1.37. The number of rotatable bonds is 5. The molecular weight excluding hydrogens is 296 g/mol. The van der Waals surface area contributed by atoms with Gasteiger partial charge in [0, 0.05) is 17.1 Å². The summed E-state index contributed by atoms with van der Waals surface area (Å²) in [5.74, 6) is -1.39. The largest absolute Gasteiger partial charge is 0.476 e. The number of carbonyl (C=O) groups is 2. The maximum atomic E-state index is 11.9. The molecule has 1 aromatic heterocycles. The van der Waals surface area contributed by atoms with Crippen LogP contribution in [0.1, 0.15) is 26.4 Å². The van der Waals surface area contributed by atoms with E-state index in [2.05, 4.69) is 15.6 Å². The summed E-state index contributed by atoms with van der Waals surface area (Å²) in [5.41, 5.74) is 1.24. The lowest BCUT2D eigenvalue weighted by molar-refractivity contribution is 0.0690. The molecule has 0 saturated heterocycles. The molecule has 2 rings (SSSR count). The third-order valence-corrected chi connectivity index (χ3v) is 2.91. The number of aromatic nitrogens is 3. The Morgan fingerprint density at radius 2 is 2.14 bits per heavy atom. The van der Waals surface area contributed by atoms with Gasteiger partial charge in [0.15, 0.2) is 5.69 Å². The molecule has 0 saturated carbocycles. The van der Waals surface area contributed by atoms with E-state index in [1.165, 1.54) is 10.9 Å². The first-order valence-electron chi connectivity index (χ1n) is 6.14. The van der Waals surface area contributed by atoms with E-state index in [0.29, 0.717) is 23.7 Å². The zero-order chi connectivity index (χ0) is 15.4. The van der Waals surface area contributed by atoms with Crippen LogP contribution < -0.4 is 5.32 Å². The minimum Gasteiger partial charge on any atom is -0.476 e. The fourth-order valence-electron chi connectivity index (χ4n) is 1.76. The van der Waals surface area contributed by atoms with E-state index in [0.717, 1.165) is 5.56 Å². The summed E-state index contributed by atoms with van der Waals surface area (Å²) in [7, 11) is 0. The Kier molecular flexibility index (Phi) is 4.54. The van der Waals surface area contributed by atoms with Gasteiger partial charge in [-0.15, -0.1) is 5.10 Å². The van der Waals surface area contributed by atoms with Crippen LogP contribution in [0.4, 0.5) is 0 Å². The predicted molar refractivity (Wildman–Crippen MR) is 75.5 cm³/mol. The molecule has 8 heteroatoms. The van der Waals surface area contributed by atoms with Crippen molar-refractivity contribution in [3.05, 3.63) is 46.2 Å². The van der Waals surface area contributed by atoms with E-state index >= 15 is 0 Å². The van der Waals surface area contributed by atoms with Crippen molar-refractivity contribution in [1.82, 2.24) is 20.3 Å². The van der Waals surface area contributed by atoms with Crippen molar-refractivity contribution in [3.63, 3.8) is 0 Å². The lowest BCUT2D eigenvalue weighted by Gasteiger charge is -2.06. The van der Waals surface area contributed by atoms with Crippen LogP contribution in [-0.4, -0.2) is 38.5 Å². The SMILES string of the molecule is Cc1cc(Cl)cc(C(=O)NCCn2cc(C(=O)O)nn2)c1. The summed E-state index contributed by atoms with van der Waals surface area (Å²) in [6, 6.07) is 5.09. The molecule has 1 heterocycles. The van der Waals surface area contributed by atoms with E-state index in [1.54, 1.807) is 18.2 Å². The first-order chi connectivity index (χ1) is 9.95. The number of nitrogens with one attached hydrogen (secondary N) is 1. The molecule has 2 aromatic rings. The first kappa shape index (κ1) is 15.0. The van der Waals surface area contributed by atoms with Gasteiger partial charge in [-0.25, -0.2) is 9.48 Å². The number of hydrogen-bond donors (Lipinski definition) is 2. The van der Waals surface area contributed by atoms with Crippen LogP contribution >= 0.6 is 11.6 Å². The number of nitrogens with zero attached hydrogens (tertiary/aromatic N) is 3. The fraction of sp³-hybridized carbons (Fsp3) is 0.231. The molecule has 0 atom stereocenters. The molecule has 0 fully saturated rings. The average molecular weight is 309 g/mol. The highest BCUT2D eigenvalue weighted by Gasteiger charge is 2.09. The molecule has 0 spiro atoms. The summed E-state index contributed by atoms with van der Waals surface area (Å²) in [5, 5.41) is 19.1. The third kappa shape index (κ3) is 4.03. The van der Waals surface area contributed by atoms with Gasteiger partial charge in [0.2, 0.25) is 0 Å². The van der Waals surface area contributed by atoms with Crippen molar-refractivity contribution in [2.45, 2.75) is 13.5 Å². The molecule has 7 nitrogen and oxygen atoms in total. The molecule has 2 N–H and O–H groups in total. The van der Waals surface area contributed by atoms with Gasteiger partial charge < -0.3 is 10.4 Å².